The predicted molar refractivity (Wildman–Crippen MR) is 77.0 cm³/mol. The van der Waals surface area contributed by atoms with Crippen LogP contribution in [0.15, 0.2) is 16.6 Å². The zero-order valence-electron chi connectivity index (χ0n) is 10.8. The molecule has 3 N–H and O–H groups in total. The van der Waals surface area contributed by atoms with Gasteiger partial charge in [-0.15, -0.1) is 0 Å². The van der Waals surface area contributed by atoms with Crippen molar-refractivity contribution in [2.45, 2.75) is 19.9 Å². The van der Waals surface area contributed by atoms with Gasteiger partial charge in [-0.2, -0.15) is 0 Å². The maximum atomic E-state index is 12.0. The minimum atomic E-state index is -0.387. The molecule has 1 atom stereocenters. The normalized spacial score (nSPS) is 18.9. The van der Waals surface area contributed by atoms with Gasteiger partial charge in [-0.1, -0.05) is 15.9 Å². The number of amides is 2. The number of nitrogens with one attached hydrogen (secondary N) is 3. The number of hydrogen-bond acceptors (Lipinski definition) is 3. The topological polar surface area (TPSA) is 70.2 Å². The molecular formula is C13H16BrN3O2. The first-order chi connectivity index (χ1) is 8.97. The lowest BCUT2D eigenvalue weighted by Crippen LogP contribution is -2.56. The van der Waals surface area contributed by atoms with Crippen LogP contribution in [0.1, 0.15) is 11.1 Å². The molecule has 1 aliphatic rings. The average Bonchev–Trinajstić information content (AvgIpc) is 2.36. The third-order valence-electron chi connectivity index (χ3n) is 3.03. The lowest BCUT2D eigenvalue weighted by atomic mass is 10.1. The van der Waals surface area contributed by atoms with E-state index in [0.717, 1.165) is 21.3 Å². The first-order valence-corrected chi connectivity index (χ1v) is 6.84. The van der Waals surface area contributed by atoms with Crippen LogP contribution in [-0.4, -0.2) is 30.9 Å². The smallest absolute Gasteiger partial charge is 0.243 e. The summed E-state index contributed by atoms with van der Waals surface area (Å²) in [6, 6.07) is 3.44. The van der Waals surface area contributed by atoms with E-state index in [1.165, 1.54) is 0 Å². The number of benzene rings is 1. The Kier molecular flexibility index (Phi) is 4.21. The SMILES string of the molecule is Cc1cc(NC(=O)C2CNC(=O)CN2)cc(C)c1Br. The van der Waals surface area contributed by atoms with Crippen molar-refractivity contribution >= 4 is 33.4 Å². The number of aryl methyl sites for hydroxylation is 2. The van der Waals surface area contributed by atoms with E-state index in [1.54, 1.807) is 0 Å². The molecule has 1 aliphatic heterocycles. The van der Waals surface area contributed by atoms with E-state index in [2.05, 4.69) is 31.9 Å². The monoisotopic (exact) mass is 325 g/mol. The molecule has 2 rings (SSSR count). The highest BCUT2D eigenvalue weighted by atomic mass is 79.9. The van der Waals surface area contributed by atoms with E-state index in [1.807, 2.05) is 26.0 Å². The first kappa shape index (κ1) is 14.0. The molecule has 0 bridgehead atoms. The molecule has 0 saturated carbocycles. The zero-order chi connectivity index (χ0) is 14.0. The van der Waals surface area contributed by atoms with Crippen LogP contribution >= 0.6 is 15.9 Å². The molecule has 1 saturated heterocycles. The van der Waals surface area contributed by atoms with Gasteiger partial charge in [0.25, 0.3) is 0 Å². The van der Waals surface area contributed by atoms with Crippen LogP contribution in [0.4, 0.5) is 5.69 Å². The standard InChI is InChI=1S/C13H16BrN3O2/c1-7-3-9(4-8(2)12(7)14)17-13(19)10-5-16-11(18)6-15-10/h3-4,10,15H,5-6H2,1-2H3,(H,16,18)(H,17,19). The summed E-state index contributed by atoms with van der Waals surface area (Å²) in [6.45, 7) is 4.45. The van der Waals surface area contributed by atoms with Crippen LogP contribution in [0.25, 0.3) is 0 Å². The van der Waals surface area contributed by atoms with E-state index in [9.17, 15) is 9.59 Å². The van der Waals surface area contributed by atoms with Gasteiger partial charge in [-0.25, -0.2) is 0 Å². The van der Waals surface area contributed by atoms with Crippen LogP contribution in [0, 0.1) is 13.8 Å². The molecule has 0 spiro atoms. The minimum Gasteiger partial charge on any atom is -0.353 e. The molecule has 0 aromatic heterocycles. The summed E-state index contributed by atoms with van der Waals surface area (Å²) in [5.74, 6) is -0.222. The molecule has 5 nitrogen and oxygen atoms in total. The number of rotatable bonds is 2. The lowest BCUT2D eigenvalue weighted by Gasteiger charge is -2.23. The molecule has 1 aromatic rings. The van der Waals surface area contributed by atoms with Gasteiger partial charge >= 0.3 is 0 Å². The van der Waals surface area contributed by atoms with E-state index in [0.29, 0.717) is 6.54 Å². The second-order valence-electron chi connectivity index (χ2n) is 4.65. The lowest BCUT2D eigenvalue weighted by molar-refractivity contribution is -0.124. The molecule has 102 valence electrons. The number of carbonyl (C=O) groups is 2. The highest BCUT2D eigenvalue weighted by Crippen LogP contribution is 2.25. The zero-order valence-corrected chi connectivity index (χ0v) is 12.4. The molecular weight excluding hydrogens is 310 g/mol. The third kappa shape index (κ3) is 3.33. The largest absolute Gasteiger partial charge is 0.353 e. The Hall–Kier alpha value is -1.40. The average molecular weight is 326 g/mol. The molecule has 1 heterocycles. The van der Waals surface area contributed by atoms with Crippen LogP contribution < -0.4 is 16.0 Å². The van der Waals surface area contributed by atoms with Gasteiger partial charge in [-0.05, 0) is 37.1 Å². The Morgan fingerprint density at radius 3 is 2.53 bits per heavy atom. The third-order valence-corrected chi connectivity index (χ3v) is 4.28. The van der Waals surface area contributed by atoms with Crippen molar-refractivity contribution in [1.29, 1.82) is 0 Å². The highest BCUT2D eigenvalue weighted by molar-refractivity contribution is 9.10. The van der Waals surface area contributed by atoms with Crippen molar-refractivity contribution in [2.75, 3.05) is 18.4 Å². The fourth-order valence-electron chi connectivity index (χ4n) is 2.00. The molecule has 1 fully saturated rings. The molecule has 0 aliphatic carbocycles. The quantitative estimate of drug-likeness (QED) is 0.762. The Morgan fingerprint density at radius 2 is 2.00 bits per heavy atom. The van der Waals surface area contributed by atoms with Crippen LogP contribution in [-0.2, 0) is 9.59 Å². The van der Waals surface area contributed by atoms with E-state index >= 15 is 0 Å². The van der Waals surface area contributed by atoms with E-state index in [4.69, 9.17) is 0 Å². The molecule has 1 aromatic carbocycles. The van der Waals surface area contributed by atoms with Crippen molar-refractivity contribution in [3.63, 3.8) is 0 Å². The fourth-order valence-corrected chi connectivity index (χ4v) is 2.23. The molecule has 2 amide bonds. The predicted octanol–water partition coefficient (Wildman–Crippen LogP) is 1.09. The van der Waals surface area contributed by atoms with Crippen LogP contribution in [0.5, 0.6) is 0 Å². The number of halogens is 1. The summed E-state index contributed by atoms with van der Waals surface area (Å²) < 4.78 is 1.05. The summed E-state index contributed by atoms with van der Waals surface area (Å²) >= 11 is 3.49. The van der Waals surface area contributed by atoms with Gasteiger partial charge in [0.2, 0.25) is 11.8 Å². The summed E-state index contributed by atoms with van der Waals surface area (Å²) in [5, 5.41) is 8.42. The van der Waals surface area contributed by atoms with E-state index in [-0.39, 0.29) is 24.4 Å². The Bertz CT molecular complexity index is 498. The summed E-state index contributed by atoms with van der Waals surface area (Å²) in [7, 11) is 0. The van der Waals surface area contributed by atoms with Gasteiger partial charge in [-0.3, -0.25) is 14.9 Å². The Balaban J connectivity index is 2.05. The number of carbonyl (C=O) groups excluding carboxylic acids is 2. The number of hydrogen-bond donors (Lipinski definition) is 3. The Morgan fingerprint density at radius 1 is 1.37 bits per heavy atom. The van der Waals surface area contributed by atoms with Crippen molar-refractivity contribution < 1.29 is 9.59 Å². The molecule has 1 unspecified atom stereocenters. The van der Waals surface area contributed by atoms with Crippen molar-refractivity contribution in [2.24, 2.45) is 0 Å². The first-order valence-electron chi connectivity index (χ1n) is 6.05. The maximum Gasteiger partial charge on any atom is 0.243 e. The van der Waals surface area contributed by atoms with Crippen molar-refractivity contribution in [3.05, 3.63) is 27.7 Å². The second-order valence-corrected chi connectivity index (χ2v) is 5.44. The van der Waals surface area contributed by atoms with Gasteiger partial charge in [0.15, 0.2) is 0 Å². The van der Waals surface area contributed by atoms with Gasteiger partial charge in [0.1, 0.15) is 6.04 Å². The van der Waals surface area contributed by atoms with Crippen LogP contribution in [0.3, 0.4) is 0 Å². The molecule has 19 heavy (non-hydrogen) atoms. The van der Waals surface area contributed by atoms with Crippen LogP contribution in [0.2, 0.25) is 0 Å². The summed E-state index contributed by atoms with van der Waals surface area (Å²) in [6.07, 6.45) is 0. The molecule has 0 radical (unpaired) electrons. The second kappa shape index (κ2) is 5.71. The van der Waals surface area contributed by atoms with Gasteiger partial charge in [0, 0.05) is 16.7 Å². The molecule has 6 heteroatoms. The fraction of sp³-hybridized carbons (Fsp3) is 0.385. The summed E-state index contributed by atoms with van der Waals surface area (Å²) in [5.41, 5.74) is 2.90. The number of anilines is 1. The Labute approximate surface area is 120 Å². The van der Waals surface area contributed by atoms with Gasteiger partial charge in [0.05, 0.1) is 6.54 Å². The highest BCUT2D eigenvalue weighted by Gasteiger charge is 2.23. The van der Waals surface area contributed by atoms with E-state index < -0.39 is 0 Å². The number of piperazine rings is 1. The minimum absolute atomic E-state index is 0.0839. The maximum absolute atomic E-state index is 12.0. The summed E-state index contributed by atoms with van der Waals surface area (Å²) in [4.78, 5) is 23.1. The van der Waals surface area contributed by atoms with Crippen molar-refractivity contribution in [1.82, 2.24) is 10.6 Å². The van der Waals surface area contributed by atoms with Gasteiger partial charge < -0.3 is 10.6 Å². The van der Waals surface area contributed by atoms with Crippen molar-refractivity contribution in [3.8, 4) is 0 Å².